The zero-order valence-corrected chi connectivity index (χ0v) is 11.1. The van der Waals surface area contributed by atoms with E-state index in [1.54, 1.807) is 16.5 Å². The topological polar surface area (TPSA) is 54.6 Å². The van der Waals surface area contributed by atoms with Crippen LogP contribution < -0.4 is 0 Å². The Balaban J connectivity index is 2.01. The Bertz CT molecular complexity index is 790. The molecule has 0 atom stereocenters. The number of carbonyl (C=O) groups is 1. The van der Waals surface area contributed by atoms with Crippen LogP contribution in [0.3, 0.4) is 0 Å². The number of aryl methyl sites for hydroxylation is 1. The van der Waals surface area contributed by atoms with E-state index >= 15 is 0 Å². The maximum atomic E-state index is 11.2. The molecule has 0 bridgehead atoms. The van der Waals surface area contributed by atoms with E-state index in [0.717, 1.165) is 5.69 Å². The molecule has 0 aliphatic rings. The second-order valence-corrected chi connectivity index (χ2v) is 4.86. The number of aromatic nitrogens is 2. The minimum Gasteiger partial charge on any atom is -0.478 e. The lowest BCUT2D eigenvalue weighted by Crippen LogP contribution is -1.99. The molecule has 0 fully saturated rings. The van der Waals surface area contributed by atoms with E-state index in [-0.39, 0.29) is 5.56 Å². The Morgan fingerprint density at radius 1 is 1.30 bits per heavy atom. The number of aromatic carboxylic acids is 1. The Morgan fingerprint density at radius 2 is 2.15 bits per heavy atom. The Labute approximate surface area is 116 Å². The summed E-state index contributed by atoms with van der Waals surface area (Å²) < 4.78 is 1.76. The third kappa shape index (κ3) is 2.28. The first-order valence-corrected chi connectivity index (χ1v) is 6.39. The van der Waals surface area contributed by atoms with Crippen LogP contribution in [0.15, 0.2) is 48.8 Å². The van der Waals surface area contributed by atoms with Crippen LogP contribution in [0.5, 0.6) is 0 Å². The molecular weight excluding hydrogens is 252 g/mol. The van der Waals surface area contributed by atoms with Crippen LogP contribution >= 0.6 is 0 Å². The van der Waals surface area contributed by atoms with Gasteiger partial charge in [0, 0.05) is 18.8 Å². The highest BCUT2D eigenvalue weighted by atomic mass is 16.4. The summed E-state index contributed by atoms with van der Waals surface area (Å²) in [5, 5.41) is 9.16. The van der Waals surface area contributed by atoms with Crippen molar-refractivity contribution >= 4 is 11.6 Å². The monoisotopic (exact) mass is 266 g/mol. The van der Waals surface area contributed by atoms with Crippen molar-refractivity contribution < 1.29 is 9.90 Å². The molecule has 3 rings (SSSR count). The largest absolute Gasteiger partial charge is 0.478 e. The van der Waals surface area contributed by atoms with Crippen molar-refractivity contribution in [2.45, 2.75) is 13.3 Å². The summed E-state index contributed by atoms with van der Waals surface area (Å²) in [7, 11) is 0. The molecule has 0 spiro atoms. The number of carboxylic acids is 1. The third-order valence-corrected chi connectivity index (χ3v) is 3.23. The molecule has 2 aromatic heterocycles. The molecule has 0 saturated heterocycles. The van der Waals surface area contributed by atoms with E-state index in [1.165, 1.54) is 11.1 Å². The molecule has 0 aliphatic heterocycles. The molecule has 2 heterocycles. The number of benzene rings is 1. The number of rotatable bonds is 3. The summed E-state index contributed by atoms with van der Waals surface area (Å²) in [6.45, 7) is 2.05. The van der Waals surface area contributed by atoms with Gasteiger partial charge in [-0.3, -0.25) is 0 Å². The van der Waals surface area contributed by atoms with Gasteiger partial charge in [-0.1, -0.05) is 29.8 Å². The van der Waals surface area contributed by atoms with Crippen molar-refractivity contribution in [3.63, 3.8) is 0 Å². The fourth-order valence-corrected chi connectivity index (χ4v) is 2.35. The zero-order chi connectivity index (χ0) is 14.1. The van der Waals surface area contributed by atoms with Gasteiger partial charge in [0.1, 0.15) is 5.56 Å². The molecule has 0 amide bonds. The minimum absolute atomic E-state index is 0.225. The standard InChI is InChI=1S/C16H14N2O2/c1-11-4-2-5-12(8-11)9-13-10-18-7-3-6-14(16(19)20)15(18)17-13/h2-8,10H,9H2,1H3,(H,19,20). The van der Waals surface area contributed by atoms with Crippen LogP contribution in [0.2, 0.25) is 0 Å². The second kappa shape index (κ2) is 4.81. The number of imidazole rings is 1. The van der Waals surface area contributed by atoms with Gasteiger partial charge in [0.15, 0.2) is 5.65 Å². The van der Waals surface area contributed by atoms with Crippen LogP contribution in [-0.2, 0) is 6.42 Å². The van der Waals surface area contributed by atoms with E-state index in [0.29, 0.717) is 12.1 Å². The SMILES string of the molecule is Cc1cccc(Cc2cn3cccc(C(=O)O)c3n2)c1. The quantitative estimate of drug-likeness (QED) is 0.793. The maximum Gasteiger partial charge on any atom is 0.339 e. The van der Waals surface area contributed by atoms with Crippen molar-refractivity contribution in [3.05, 3.63) is 71.2 Å². The van der Waals surface area contributed by atoms with E-state index < -0.39 is 5.97 Å². The second-order valence-electron chi connectivity index (χ2n) is 4.86. The molecule has 1 aromatic carbocycles. The van der Waals surface area contributed by atoms with Gasteiger partial charge in [0.2, 0.25) is 0 Å². The molecule has 20 heavy (non-hydrogen) atoms. The predicted octanol–water partition coefficient (Wildman–Crippen LogP) is 2.93. The maximum absolute atomic E-state index is 11.2. The fraction of sp³-hybridized carbons (Fsp3) is 0.125. The molecule has 100 valence electrons. The summed E-state index contributed by atoms with van der Waals surface area (Å²) in [6, 6.07) is 11.5. The summed E-state index contributed by atoms with van der Waals surface area (Å²) in [5.74, 6) is -0.955. The molecule has 3 aromatic rings. The van der Waals surface area contributed by atoms with Gasteiger partial charge in [0.05, 0.1) is 5.69 Å². The van der Waals surface area contributed by atoms with Gasteiger partial charge >= 0.3 is 5.97 Å². The zero-order valence-electron chi connectivity index (χ0n) is 11.1. The van der Waals surface area contributed by atoms with Gasteiger partial charge in [-0.05, 0) is 24.6 Å². The van der Waals surface area contributed by atoms with Gasteiger partial charge < -0.3 is 9.51 Å². The Morgan fingerprint density at radius 3 is 2.90 bits per heavy atom. The smallest absolute Gasteiger partial charge is 0.339 e. The number of hydrogen-bond donors (Lipinski definition) is 1. The first-order chi connectivity index (χ1) is 9.63. The number of nitrogens with zero attached hydrogens (tertiary/aromatic N) is 2. The Kier molecular flexibility index (Phi) is 2.99. The van der Waals surface area contributed by atoms with Crippen LogP contribution in [0, 0.1) is 6.92 Å². The highest BCUT2D eigenvalue weighted by Crippen LogP contribution is 2.15. The van der Waals surface area contributed by atoms with Crippen molar-refractivity contribution in [1.29, 1.82) is 0 Å². The molecular formula is C16H14N2O2. The van der Waals surface area contributed by atoms with Crippen LogP contribution in [-0.4, -0.2) is 20.5 Å². The molecule has 0 unspecified atom stereocenters. The van der Waals surface area contributed by atoms with E-state index in [9.17, 15) is 4.79 Å². The first-order valence-electron chi connectivity index (χ1n) is 6.39. The molecule has 0 radical (unpaired) electrons. The lowest BCUT2D eigenvalue weighted by atomic mass is 10.1. The number of fused-ring (bicyclic) bond motifs is 1. The van der Waals surface area contributed by atoms with Gasteiger partial charge in [-0.15, -0.1) is 0 Å². The highest BCUT2D eigenvalue weighted by Gasteiger charge is 2.11. The van der Waals surface area contributed by atoms with Crippen molar-refractivity contribution in [2.75, 3.05) is 0 Å². The first kappa shape index (κ1) is 12.4. The molecule has 1 N–H and O–H groups in total. The van der Waals surface area contributed by atoms with Crippen molar-refractivity contribution in [2.24, 2.45) is 0 Å². The van der Waals surface area contributed by atoms with Gasteiger partial charge in [-0.2, -0.15) is 0 Å². The van der Waals surface area contributed by atoms with E-state index in [2.05, 4.69) is 30.1 Å². The van der Waals surface area contributed by atoms with Gasteiger partial charge in [0.25, 0.3) is 0 Å². The molecule has 0 aliphatic carbocycles. The molecule has 4 nitrogen and oxygen atoms in total. The number of carboxylic acid groups (broad SMARTS) is 1. The normalized spacial score (nSPS) is 10.8. The molecule has 4 heteroatoms. The average Bonchev–Trinajstić information content (AvgIpc) is 2.80. The summed E-state index contributed by atoms with van der Waals surface area (Å²) in [6.07, 6.45) is 4.39. The third-order valence-electron chi connectivity index (χ3n) is 3.23. The van der Waals surface area contributed by atoms with Crippen LogP contribution in [0.25, 0.3) is 5.65 Å². The summed E-state index contributed by atoms with van der Waals surface area (Å²) >= 11 is 0. The fourth-order valence-electron chi connectivity index (χ4n) is 2.35. The number of hydrogen-bond acceptors (Lipinski definition) is 2. The number of pyridine rings is 1. The van der Waals surface area contributed by atoms with E-state index in [1.807, 2.05) is 18.5 Å². The van der Waals surface area contributed by atoms with Crippen LogP contribution in [0.4, 0.5) is 0 Å². The predicted molar refractivity (Wildman–Crippen MR) is 76.1 cm³/mol. The molecule has 0 saturated carbocycles. The summed E-state index contributed by atoms with van der Waals surface area (Å²) in [5.41, 5.74) is 3.96. The highest BCUT2D eigenvalue weighted by molar-refractivity contribution is 5.94. The van der Waals surface area contributed by atoms with E-state index in [4.69, 9.17) is 5.11 Å². The summed E-state index contributed by atoms with van der Waals surface area (Å²) in [4.78, 5) is 15.6. The van der Waals surface area contributed by atoms with Crippen molar-refractivity contribution in [1.82, 2.24) is 9.38 Å². The van der Waals surface area contributed by atoms with Crippen molar-refractivity contribution in [3.8, 4) is 0 Å². The van der Waals surface area contributed by atoms with Crippen LogP contribution in [0.1, 0.15) is 27.2 Å². The lowest BCUT2D eigenvalue weighted by Gasteiger charge is -1.99. The average molecular weight is 266 g/mol. The van der Waals surface area contributed by atoms with Gasteiger partial charge in [-0.25, -0.2) is 9.78 Å². The minimum atomic E-state index is -0.955. The Hall–Kier alpha value is -2.62. The lowest BCUT2D eigenvalue weighted by molar-refractivity contribution is 0.0698.